The third-order valence-corrected chi connectivity index (χ3v) is 4.92. The van der Waals surface area contributed by atoms with Crippen LogP contribution in [0.15, 0.2) is 48.5 Å². The Balaban J connectivity index is 2.23. The van der Waals surface area contributed by atoms with Crippen LogP contribution in [0.2, 0.25) is 0 Å². The minimum absolute atomic E-state index is 0.0239. The van der Waals surface area contributed by atoms with E-state index in [1.54, 1.807) is 31.1 Å². The highest BCUT2D eigenvalue weighted by Crippen LogP contribution is 2.17. The van der Waals surface area contributed by atoms with Gasteiger partial charge in [-0.3, -0.25) is 9.59 Å². The summed E-state index contributed by atoms with van der Waals surface area (Å²) in [5.41, 5.74) is 1.56. The normalized spacial score (nSPS) is 12.7. The Kier molecular flexibility index (Phi) is 8.19. The third kappa shape index (κ3) is 6.59. The number of carbonyl (C=O) groups excluding carboxylic acids is 2. The van der Waals surface area contributed by atoms with Crippen LogP contribution in [0.5, 0.6) is 5.75 Å². The van der Waals surface area contributed by atoms with Gasteiger partial charge in [0.1, 0.15) is 17.6 Å². The quantitative estimate of drug-likeness (QED) is 0.698. The molecule has 0 fully saturated rings. The smallest absolute Gasteiger partial charge is 0.242 e. The van der Waals surface area contributed by atoms with Crippen molar-refractivity contribution in [1.29, 1.82) is 0 Å². The number of methoxy groups -OCH3 is 1. The number of benzene rings is 2. The van der Waals surface area contributed by atoms with Crippen molar-refractivity contribution in [2.45, 2.75) is 52.2 Å². The van der Waals surface area contributed by atoms with Crippen molar-refractivity contribution in [3.8, 4) is 5.75 Å². The number of halogens is 1. The van der Waals surface area contributed by atoms with Gasteiger partial charge in [0.2, 0.25) is 11.8 Å². The first-order valence-electron chi connectivity index (χ1n) is 9.81. The maximum atomic E-state index is 13.2. The molecular weight excluding hydrogens is 371 g/mol. The molecule has 29 heavy (non-hydrogen) atoms. The third-order valence-electron chi connectivity index (χ3n) is 4.92. The number of hydrogen-bond donors (Lipinski definition) is 1. The molecule has 2 rings (SSSR count). The van der Waals surface area contributed by atoms with Gasteiger partial charge in [-0.15, -0.1) is 0 Å². The first-order valence-corrected chi connectivity index (χ1v) is 9.81. The van der Waals surface area contributed by atoms with Crippen LogP contribution in [0.3, 0.4) is 0 Å². The van der Waals surface area contributed by atoms with Crippen LogP contribution >= 0.6 is 0 Å². The van der Waals surface area contributed by atoms with E-state index in [9.17, 15) is 14.0 Å². The lowest BCUT2D eigenvalue weighted by molar-refractivity contribution is -0.140. The molecule has 2 amide bonds. The SMILES string of the molecule is CC[C@@H](C)NC(=O)[C@@H](C)N(Cc1cccc(OC)c1)C(=O)Cc1ccc(F)cc1. The Hall–Kier alpha value is -2.89. The van der Waals surface area contributed by atoms with Crippen molar-refractivity contribution in [1.82, 2.24) is 10.2 Å². The number of rotatable bonds is 9. The van der Waals surface area contributed by atoms with Crippen molar-refractivity contribution in [3.05, 3.63) is 65.5 Å². The summed E-state index contributed by atoms with van der Waals surface area (Å²) < 4.78 is 18.4. The van der Waals surface area contributed by atoms with E-state index in [0.717, 1.165) is 12.0 Å². The maximum Gasteiger partial charge on any atom is 0.242 e. The number of amides is 2. The molecule has 0 saturated heterocycles. The Morgan fingerprint density at radius 2 is 1.79 bits per heavy atom. The fourth-order valence-electron chi connectivity index (χ4n) is 2.89. The summed E-state index contributed by atoms with van der Waals surface area (Å²) in [5.74, 6) is -0.0678. The number of nitrogens with zero attached hydrogens (tertiary/aromatic N) is 1. The lowest BCUT2D eigenvalue weighted by Gasteiger charge is -2.30. The molecule has 0 aliphatic carbocycles. The molecule has 5 nitrogen and oxygen atoms in total. The van der Waals surface area contributed by atoms with Gasteiger partial charge in [0.05, 0.1) is 13.5 Å². The second-order valence-corrected chi connectivity index (χ2v) is 7.17. The highest BCUT2D eigenvalue weighted by atomic mass is 19.1. The molecule has 0 heterocycles. The zero-order valence-electron chi connectivity index (χ0n) is 17.4. The topological polar surface area (TPSA) is 58.6 Å². The largest absolute Gasteiger partial charge is 0.497 e. The molecule has 156 valence electrons. The average molecular weight is 400 g/mol. The summed E-state index contributed by atoms with van der Waals surface area (Å²) in [6.07, 6.45) is 0.892. The van der Waals surface area contributed by atoms with Gasteiger partial charge < -0.3 is 15.0 Å². The molecule has 2 atom stereocenters. The molecule has 2 aromatic carbocycles. The zero-order valence-corrected chi connectivity index (χ0v) is 17.4. The molecule has 0 saturated carbocycles. The zero-order chi connectivity index (χ0) is 21.4. The van der Waals surface area contributed by atoms with Crippen LogP contribution in [-0.2, 0) is 22.6 Å². The second-order valence-electron chi connectivity index (χ2n) is 7.17. The van der Waals surface area contributed by atoms with Gasteiger partial charge in [-0.25, -0.2) is 4.39 Å². The number of ether oxygens (including phenoxy) is 1. The predicted octanol–water partition coefficient (Wildman–Crippen LogP) is 3.71. The van der Waals surface area contributed by atoms with Crippen molar-refractivity contribution >= 4 is 11.8 Å². The molecular formula is C23H29FN2O3. The van der Waals surface area contributed by atoms with Crippen LogP contribution in [0, 0.1) is 5.82 Å². The summed E-state index contributed by atoms with van der Waals surface area (Å²) in [7, 11) is 1.58. The van der Waals surface area contributed by atoms with Crippen molar-refractivity contribution in [3.63, 3.8) is 0 Å². The minimum atomic E-state index is -0.650. The number of carbonyl (C=O) groups is 2. The van der Waals surface area contributed by atoms with E-state index in [-0.39, 0.29) is 36.6 Å². The number of hydrogen-bond acceptors (Lipinski definition) is 3. The van der Waals surface area contributed by atoms with E-state index in [1.807, 2.05) is 38.1 Å². The molecule has 0 aliphatic rings. The Labute approximate surface area is 171 Å². The van der Waals surface area contributed by atoms with Crippen LogP contribution in [-0.4, -0.2) is 35.9 Å². The summed E-state index contributed by atoms with van der Waals surface area (Å²) in [5, 5.41) is 2.94. The lowest BCUT2D eigenvalue weighted by atomic mass is 10.1. The highest BCUT2D eigenvalue weighted by Gasteiger charge is 2.27. The van der Waals surface area contributed by atoms with Crippen molar-refractivity contribution in [2.24, 2.45) is 0 Å². The first-order chi connectivity index (χ1) is 13.8. The van der Waals surface area contributed by atoms with E-state index in [0.29, 0.717) is 11.3 Å². The molecule has 0 aromatic heterocycles. The molecule has 0 spiro atoms. The summed E-state index contributed by atoms with van der Waals surface area (Å²) in [6.45, 7) is 5.91. The number of nitrogens with one attached hydrogen (secondary N) is 1. The maximum absolute atomic E-state index is 13.2. The standard InChI is InChI=1S/C23H29FN2O3/c1-5-16(2)25-23(28)17(3)26(15-19-7-6-8-21(13-19)29-4)22(27)14-18-9-11-20(24)12-10-18/h6-13,16-17H,5,14-15H2,1-4H3,(H,25,28)/t16-,17-/m1/s1. The summed E-state index contributed by atoms with van der Waals surface area (Å²) >= 11 is 0. The van der Waals surface area contributed by atoms with Crippen molar-refractivity contribution < 1.29 is 18.7 Å². The monoisotopic (exact) mass is 400 g/mol. The molecule has 1 N–H and O–H groups in total. The van der Waals surface area contributed by atoms with Gasteiger partial charge in [0.25, 0.3) is 0 Å². The summed E-state index contributed by atoms with van der Waals surface area (Å²) in [6, 6.07) is 12.6. The van der Waals surface area contributed by atoms with E-state index in [4.69, 9.17) is 4.74 Å². The molecule has 2 aromatic rings. The van der Waals surface area contributed by atoms with Crippen LogP contribution in [0.4, 0.5) is 4.39 Å². The fraction of sp³-hybridized carbons (Fsp3) is 0.391. The van der Waals surface area contributed by atoms with E-state index in [2.05, 4.69) is 5.32 Å². The van der Waals surface area contributed by atoms with Crippen LogP contribution in [0.1, 0.15) is 38.3 Å². The van der Waals surface area contributed by atoms with Gasteiger partial charge in [-0.05, 0) is 55.7 Å². The van der Waals surface area contributed by atoms with Crippen molar-refractivity contribution in [2.75, 3.05) is 7.11 Å². The van der Waals surface area contributed by atoms with Gasteiger partial charge in [0, 0.05) is 12.6 Å². The molecule has 0 radical (unpaired) electrons. The molecule has 0 unspecified atom stereocenters. The van der Waals surface area contributed by atoms with E-state index >= 15 is 0 Å². The fourth-order valence-corrected chi connectivity index (χ4v) is 2.89. The predicted molar refractivity (Wildman–Crippen MR) is 111 cm³/mol. The average Bonchev–Trinajstić information content (AvgIpc) is 2.73. The Morgan fingerprint density at radius 3 is 2.41 bits per heavy atom. The molecule has 6 heteroatoms. The molecule has 0 bridgehead atoms. The van der Waals surface area contributed by atoms with Crippen LogP contribution < -0.4 is 10.1 Å². The minimum Gasteiger partial charge on any atom is -0.497 e. The van der Waals surface area contributed by atoms with Gasteiger partial charge in [-0.1, -0.05) is 31.2 Å². The first kappa shape index (κ1) is 22.4. The van der Waals surface area contributed by atoms with Crippen LogP contribution in [0.25, 0.3) is 0 Å². The van der Waals surface area contributed by atoms with Gasteiger partial charge >= 0.3 is 0 Å². The second kappa shape index (κ2) is 10.6. The van der Waals surface area contributed by atoms with E-state index < -0.39 is 6.04 Å². The summed E-state index contributed by atoms with van der Waals surface area (Å²) in [4.78, 5) is 27.3. The van der Waals surface area contributed by atoms with Gasteiger partial charge in [-0.2, -0.15) is 0 Å². The lowest BCUT2D eigenvalue weighted by Crippen LogP contribution is -2.49. The van der Waals surface area contributed by atoms with Gasteiger partial charge in [0.15, 0.2) is 0 Å². The Bertz CT molecular complexity index is 823. The Morgan fingerprint density at radius 1 is 1.10 bits per heavy atom. The highest BCUT2D eigenvalue weighted by molar-refractivity contribution is 5.88. The van der Waals surface area contributed by atoms with E-state index in [1.165, 1.54) is 12.1 Å². The molecule has 0 aliphatic heterocycles.